The fourth-order valence-corrected chi connectivity index (χ4v) is 6.46. The quantitative estimate of drug-likeness (QED) is 0.287. The van der Waals surface area contributed by atoms with E-state index in [1.807, 2.05) is 6.07 Å². The van der Waals surface area contributed by atoms with Crippen LogP contribution in [0, 0.1) is 11.8 Å². The molecule has 1 aromatic heterocycles. The molecule has 0 saturated carbocycles. The van der Waals surface area contributed by atoms with Crippen LogP contribution in [0.2, 0.25) is 0 Å². The van der Waals surface area contributed by atoms with Crippen LogP contribution in [0.3, 0.4) is 0 Å². The second-order valence-electron chi connectivity index (χ2n) is 9.70. The molecule has 13 heteroatoms. The van der Waals surface area contributed by atoms with Crippen LogP contribution in [-0.4, -0.2) is 72.5 Å². The lowest BCUT2D eigenvalue weighted by molar-refractivity contribution is -0.126. The van der Waals surface area contributed by atoms with Crippen LogP contribution in [0.15, 0.2) is 41.3 Å². The monoisotopic (exact) mass is 610 g/mol. The summed E-state index contributed by atoms with van der Waals surface area (Å²) in [4.78, 5) is 2.61. The summed E-state index contributed by atoms with van der Waals surface area (Å²) in [5.74, 6) is 6.08. The first kappa shape index (κ1) is 30.9. The molecule has 1 saturated heterocycles. The Morgan fingerprint density at radius 2 is 1.90 bits per heavy atom. The van der Waals surface area contributed by atoms with E-state index in [0.29, 0.717) is 22.6 Å². The largest absolute Gasteiger partial charge is 0.495 e. The van der Waals surface area contributed by atoms with E-state index in [1.165, 1.54) is 36.6 Å². The Morgan fingerprint density at radius 1 is 1.15 bits per heavy atom. The van der Waals surface area contributed by atoms with Gasteiger partial charge in [-0.05, 0) is 42.0 Å². The summed E-state index contributed by atoms with van der Waals surface area (Å²) >= 11 is 1.25. The highest BCUT2D eigenvalue weighted by molar-refractivity contribution is 7.89. The summed E-state index contributed by atoms with van der Waals surface area (Å²) in [6.07, 6.45) is -3.60. The number of nitrogens with zero attached hydrogens (tertiary/aromatic N) is 1. The van der Waals surface area contributed by atoms with Crippen molar-refractivity contribution in [3.8, 4) is 17.6 Å². The zero-order chi connectivity index (χ0) is 29.6. The molecular formula is C28H33F3N4O4S2. The van der Waals surface area contributed by atoms with E-state index in [1.54, 1.807) is 19.2 Å². The van der Waals surface area contributed by atoms with Gasteiger partial charge in [0.2, 0.25) is 10.0 Å². The molecule has 1 aliphatic rings. The number of alkyl halides is 3. The van der Waals surface area contributed by atoms with Gasteiger partial charge in [0.1, 0.15) is 5.75 Å². The highest BCUT2D eigenvalue weighted by Gasteiger charge is 2.31. The smallest absolute Gasteiger partial charge is 0.393 e. The lowest BCUT2D eigenvalue weighted by Gasteiger charge is -2.32. The van der Waals surface area contributed by atoms with E-state index in [0.717, 1.165) is 42.9 Å². The van der Waals surface area contributed by atoms with Gasteiger partial charge in [0, 0.05) is 38.9 Å². The Hall–Kier alpha value is -3.02. The SMILES string of the molecule is COCCN1CCC(Nc2cccc3c(CC(F)(F)F)c(C#CCNc4ccc(S(N)(=O)=O)cc4OC)sc23)CC1. The topological polar surface area (TPSA) is 106 Å². The second-order valence-corrected chi connectivity index (χ2v) is 12.3. The molecular weight excluding hydrogens is 577 g/mol. The summed E-state index contributed by atoms with van der Waals surface area (Å²) in [6, 6.07) is 9.74. The molecule has 1 fully saturated rings. The van der Waals surface area contributed by atoms with Gasteiger partial charge in [-0.25, -0.2) is 13.6 Å². The van der Waals surface area contributed by atoms with Crippen molar-refractivity contribution in [2.24, 2.45) is 5.14 Å². The van der Waals surface area contributed by atoms with Gasteiger partial charge in [-0.15, -0.1) is 11.3 Å². The third kappa shape index (κ3) is 8.27. The molecule has 3 aromatic rings. The lowest BCUT2D eigenvalue weighted by atomic mass is 10.0. The maximum atomic E-state index is 13.6. The number of likely N-dealkylation sites (tertiary alicyclic amines) is 1. The molecule has 41 heavy (non-hydrogen) atoms. The second kappa shape index (κ2) is 13.3. The number of nitrogens with two attached hydrogens (primary N) is 1. The third-order valence-electron chi connectivity index (χ3n) is 6.83. The molecule has 0 atom stereocenters. The first-order chi connectivity index (χ1) is 19.5. The van der Waals surface area contributed by atoms with Crippen LogP contribution in [0.4, 0.5) is 24.5 Å². The Bertz CT molecular complexity index is 1520. The van der Waals surface area contributed by atoms with Crippen molar-refractivity contribution in [3.05, 3.63) is 46.8 Å². The number of thiophene rings is 1. The molecule has 222 valence electrons. The number of hydrogen-bond acceptors (Lipinski definition) is 8. The number of ether oxygens (including phenoxy) is 2. The number of methoxy groups -OCH3 is 2. The zero-order valence-corrected chi connectivity index (χ0v) is 24.4. The van der Waals surface area contributed by atoms with Crippen molar-refractivity contribution in [1.29, 1.82) is 0 Å². The summed E-state index contributed by atoms with van der Waals surface area (Å²) in [5, 5.41) is 12.3. The predicted molar refractivity (Wildman–Crippen MR) is 156 cm³/mol. The minimum Gasteiger partial charge on any atom is -0.495 e. The molecule has 0 aliphatic carbocycles. The summed E-state index contributed by atoms with van der Waals surface area (Å²) in [7, 11) is -0.831. The van der Waals surface area contributed by atoms with Crippen molar-refractivity contribution in [2.75, 3.05) is 57.6 Å². The van der Waals surface area contributed by atoms with Crippen LogP contribution in [0.25, 0.3) is 10.1 Å². The standard InChI is InChI=1S/C28H33F3N4O4S2/c1-38-16-15-35-13-10-19(11-14-35)34-24-6-3-5-21-22(18-28(29,30)31)26(40-27(21)24)7-4-12-33-23-9-8-20(41(32,36)37)17-25(23)39-2/h3,5-6,8-9,17,19,33-34H,10-16,18H2,1-2H3,(H2,32,36,37). The zero-order valence-electron chi connectivity index (χ0n) is 22.8. The fraction of sp³-hybridized carbons (Fsp3) is 0.429. The number of anilines is 2. The Kier molecular flexibility index (Phi) is 10.0. The van der Waals surface area contributed by atoms with E-state index < -0.39 is 22.6 Å². The van der Waals surface area contributed by atoms with Gasteiger partial charge in [0.25, 0.3) is 0 Å². The number of sulfonamides is 1. The van der Waals surface area contributed by atoms with Crippen LogP contribution >= 0.6 is 11.3 Å². The first-order valence-corrected chi connectivity index (χ1v) is 15.4. The van der Waals surface area contributed by atoms with E-state index in [9.17, 15) is 21.6 Å². The van der Waals surface area contributed by atoms with Crippen molar-refractivity contribution < 1.29 is 31.1 Å². The summed E-state index contributed by atoms with van der Waals surface area (Å²) < 4.78 is 75.1. The van der Waals surface area contributed by atoms with Gasteiger partial charge in [0.05, 0.1) is 52.5 Å². The summed E-state index contributed by atoms with van der Waals surface area (Å²) in [5.41, 5.74) is 1.45. The molecule has 1 aliphatic heterocycles. The highest BCUT2D eigenvalue weighted by Crippen LogP contribution is 2.39. The Morgan fingerprint density at radius 3 is 2.56 bits per heavy atom. The molecule has 4 N–H and O–H groups in total. The van der Waals surface area contributed by atoms with Gasteiger partial charge >= 0.3 is 6.18 Å². The number of halogens is 3. The number of piperidine rings is 1. The van der Waals surface area contributed by atoms with Crippen LogP contribution < -0.4 is 20.5 Å². The van der Waals surface area contributed by atoms with Crippen LogP contribution in [0.1, 0.15) is 23.3 Å². The van der Waals surface area contributed by atoms with Gasteiger partial charge < -0.3 is 25.0 Å². The van der Waals surface area contributed by atoms with Crippen molar-refractivity contribution >= 4 is 42.8 Å². The van der Waals surface area contributed by atoms with Crippen molar-refractivity contribution in [2.45, 2.75) is 36.4 Å². The molecule has 2 aromatic carbocycles. The molecule has 0 bridgehead atoms. The van der Waals surface area contributed by atoms with Crippen molar-refractivity contribution in [1.82, 2.24) is 4.90 Å². The third-order valence-corrected chi connectivity index (χ3v) is 8.93. The Labute approximate surface area is 242 Å². The maximum Gasteiger partial charge on any atom is 0.393 e. The normalized spacial score (nSPS) is 15.0. The molecule has 0 spiro atoms. The number of rotatable bonds is 10. The number of hydrogen-bond donors (Lipinski definition) is 3. The van der Waals surface area contributed by atoms with E-state index in [4.69, 9.17) is 14.6 Å². The first-order valence-electron chi connectivity index (χ1n) is 13.0. The fourth-order valence-electron chi connectivity index (χ4n) is 4.76. The molecule has 4 rings (SSSR count). The van der Waals surface area contributed by atoms with Crippen LogP contribution in [0.5, 0.6) is 5.75 Å². The predicted octanol–water partition coefficient (Wildman–Crippen LogP) is 4.65. The van der Waals surface area contributed by atoms with E-state index in [-0.39, 0.29) is 28.8 Å². The van der Waals surface area contributed by atoms with E-state index in [2.05, 4.69) is 27.4 Å². The maximum absolute atomic E-state index is 13.6. The minimum absolute atomic E-state index is 0.0948. The summed E-state index contributed by atoms with van der Waals surface area (Å²) in [6.45, 7) is 3.53. The van der Waals surface area contributed by atoms with Gasteiger partial charge in [-0.1, -0.05) is 24.0 Å². The number of primary sulfonamides is 1. The van der Waals surface area contributed by atoms with Crippen LogP contribution in [-0.2, 0) is 21.2 Å². The van der Waals surface area contributed by atoms with Gasteiger partial charge in [-0.2, -0.15) is 13.2 Å². The average molecular weight is 611 g/mol. The number of fused-ring (bicyclic) bond motifs is 1. The van der Waals surface area contributed by atoms with E-state index >= 15 is 0 Å². The molecule has 0 amide bonds. The number of benzene rings is 2. The molecule has 0 unspecified atom stereocenters. The lowest BCUT2D eigenvalue weighted by Crippen LogP contribution is -2.40. The Balaban J connectivity index is 1.54. The minimum atomic E-state index is -4.39. The molecule has 8 nitrogen and oxygen atoms in total. The van der Waals surface area contributed by atoms with Crippen molar-refractivity contribution in [3.63, 3.8) is 0 Å². The van der Waals surface area contributed by atoms with Gasteiger partial charge in [-0.3, -0.25) is 0 Å². The number of nitrogens with one attached hydrogen (secondary N) is 2. The highest BCUT2D eigenvalue weighted by atomic mass is 32.2. The molecule has 2 heterocycles. The average Bonchev–Trinajstić information content (AvgIpc) is 3.26. The van der Waals surface area contributed by atoms with Gasteiger partial charge in [0.15, 0.2) is 0 Å². The molecule has 0 radical (unpaired) electrons.